The second-order valence-electron chi connectivity index (χ2n) is 4.30. The van der Waals surface area contributed by atoms with Crippen LogP contribution in [0.25, 0.3) is 0 Å². The van der Waals surface area contributed by atoms with Crippen LogP contribution >= 0.6 is 0 Å². The van der Waals surface area contributed by atoms with Crippen LogP contribution in [0, 0.1) is 10.1 Å². The van der Waals surface area contributed by atoms with Crippen LogP contribution in [0.1, 0.15) is 5.56 Å². The molecule has 0 saturated heterocycles. The predicted molar refractivity (Wildman–Crippen MR) is 70.2 cm³/mol. The predicted octanol–water partition coefficient (Wildman–Crippen LogP) is 3.29. The molecule has 1 aliphatic rings. The molecule has 0 amide bonds. The molecule has 0 N–H and O–H groups in total. The van der Waals surface area contributed by atoms with E-state index in [4.69, 9.17) is 0 Å². The van der Waals surface area contributed by atoms with Crippen LogP contribution in [0.2, 0.25) is 0 Å². The Kier molecular flexibility index (Phi) is 2.48. The summed E-state index contributed by atoms with van der Waals surface area (Å²) in [7, 11) is 0. The highest BCUT2D eigenvalue weighted by molar-refractivity contribution is 5.70. The van der Waals surface area contributed by atoms with E-state index in [1.807, 2.05) is 12.1 Å². The quantitative estimate of drug-likeness (QED) is 0.597. The zero-order chi connectivity index (χ0) is 12.5. The Balaban J connectivity index is 1.95. The highest BCUT2D eigenvalue weighted by atomic mass is 16.6. The maximum absolute atomic E-state index is 10.6. The smallest absolute Gasteiger partial charge is 0.269 e. The molecular weight excluding hydrogens is 228 g/mol. The number of benzene rings is 2. The average Bonchev–Trinajstić information content (AvgIpc) is 2.82. The third-order valence-corrected chi connectivity index (χ3v) is 3.26. The Morgan fingerprint density at radius 1 is 1.06 bits per heavy atom. The van der Waals surface area contributed by atoms with Crippen molar-refractivity contribution in [3.8, 4) is 0 Å². The topological polar surface area (TPSA) is 46.4 Å². The minimum atomic E-state index is -0.373. The van der Waals surface area contributed by atoms with E-state index in [-0.39, 0.29) is 10.6 Å². The van der Waals surface area contributed by atoms with E-state index >= 15 is 0 Å². The van der Waals surface area contributed by atoms with Gasteiger partial charge in [0.1, 0.15) is 0 Å². The number of non-ortho nitro benzene ring substituents is 1. The number of anilines is 2. The lowest BCUT2D eigenvalue weighted by molar-refractivity contribution is -0.384. The summed E-state index contributed by atoms with van der Waals surface area (Å²) >= 11 is 0. The number of fused-ring (bicyclic) bond motifs is 1. The van der Waals surface area contributed by atoms with Gasteiger partial charge in [-0.3, -0.25) is 10.1 Å². The van der Waals surface area contributed by atoms with E-state index in [0.29, 0.717) is 0 Å². The largest absolute Gasteiger partial charge is 0.341 e. The summed E-state index contributed by atoms with van der Waals surface area (Å²) < 4.78 is 0. The van der Waals surface area contributed by atoms with Crippen molar-refractivity contribution in [3.63, 3.8) is 0 Å². The van der Waals surface area contributed by atoms with Gasteiger partial charge in [0, 0.05) is 30.1 Å². The zero-order valence-corrected chi connectivity index (χ0v) is 9.74. The highest BCUT2D eigenvalue weighted by Crippen LogP contribution is 2.34. The Morgan fingerprint density at radius 2 is 1.78 bits per heavy atom. The van der Waals surface area contributed by atoms with E-state index in [0.717, 1.165) is 18.7 Å². The third-order valence-electron chi connectivity index (χ3n) is 3.26. The number of hydrogen-bond acceptors (Lipinski definition) is 3. The normalized spacial score (nSPS) is 13.4. The van der Waals surface area contributed by atoms with E-state index in [2.05, 4.69) is 17.0 Å². The van der Waals surface area contributed by atoms with Crippen LogP contribution in [0.5, 0.6) is 0 Å². The Hall–Kier alpha value is -2.36. The molecule has 0 bridgehead atoms. The average molecular weight is 240 g/mol. The van der Waals surface area contributed by atoms with Gasteiger partial charge >= 0.3 is 0 Å². The molecule has 0 unspecified atom stereocenters. The highest BCUT2D eigenvalue weighted by Gasteiger charge is 2.19. The molecule has 0 fully saturated rings. The van der Waals surface area contributed by atoms with E-state index in [9.17, 15) is 10.1 Å². The molecule has 18 heavy (non-hydrogen) atoms. The number of nitro groups is 1. The van der Waals surface area contributed by atoms with Crippen molar-refractivity contribution in [1.82, 2.24) is 0 Å². The van der Waals surface area contributed by atoms with Gasteiger partial charge in [0.05, 0.1) is 4.92 Å². The molecule has 1 heterocycles. The van der Waals surface area contributed by atoms with Crippen LogP contribution in [-0.2, 0) is 6.42 Å². The lowest BCUT2D eigenvalue weighted by Gasteiger charge is -2.19. The molecule has 0 spiro atoms. The first kappa shape index (κ1) is 10.8. The first-order chi connectivity index (χ1) is 8.75. The summed E-state index contributed by atoms with van der Waals surface area (Å²) in [5, 5.41) is 10.6. The maximum Gasteiger partial charge on any atom is 0.269 e. The van der Waals surface area contributed by atoms with Crippen molar-refractivity contribution in [2.24, 2.45) is 0 Å². The van der Waals surface area contributed by atoms with Gasteiger partial charge in [-0.25, -0.2) is 0 Å². The zero-order valence-electron chi connectivity index (χ0n) is 9.74. The molecule has 4 heteroatoms. The van der Waals surface area contributed by atoms with Gasteiger partial charge in [0.25, 0.3) is 5.69 Å². The molecule has 1 aliphatic heterocycles. The summed E-state index contributed by atoms with van der Waals surface area (Å²) in [6, 6.07) is 15.0. The second kappa shape index (κ2) is 4.14. The van der Waals surface area contributed by atoms with Crippen molar-refractivity contribution in [1.29, 1.82) is 0 Å². The molecule has 3 rings (SSSR count). The van der Waals surface area contributed by atoms with Gasteiger partial charge in [-0.1, -0.05) is 18.2 Å². The molecule has 0 aliphatic carbocycles. The molecular formula is C14H12N2O2. The van der Waals surface area contributed by atoms with Gasteiger partial charge in [-0.15, -0.1) is 0 Å². The van der Waals surface area contributed by atoms with Crippen molar-refractivity contribution in [2.75, 3.05) is 11.4 Å². The fourth-order valence-electron chi connectivity index (χ4n) is 2.36. The first-order valence-electron chi connectivity index (χ1n) is 5.85. The Morgan fingerprint density at radius 3 is 2.50 bits per heavy atom. The molecule has 2 aromatic rings. The lowest BCUT2D eigenvalue weighted by atomic mass is 10.2. The van der Waals surface area contributed by atoms with Gasteiger partial charge in [0.2, 0.25) is 0 Å². The summed E-state index contributed by atoms with van der Waals surface area (Å²) in [6.45, 7) is 0.928. The first-order valence-corrected chi connectivity index (χ1v) is 5.85. The van der Waals surface area contributed by atoms with E-state index in [1.165, 1.54) is 11.3 Å². The van der Waals surface area contributed by atoms with Gasteiger partial charge < -0.3 is 4.90 Å². The fourth-order valence-corrected chi connectivity index (χ4v) is 2.36. The van der Waals surface area contributed by atoms with Crippen LogP contribution < -0.4 is 4.90 Å². The number of nitrogens with zero attached hydrogens (tertiary/aromatic N) is 2. The summed E-state index contributed by atoms with van der Waals surface area (Å²) in [5.74, 6) is 0. The van der Waals surface area contributed by atoms with Crippen molar-refractivity contribution < 1.29 is 4.92 Å². The van der Waals surface area contributed by atoms with Crippen LogP contribution in [0.3, 0.4) is 0 Å². The summed E-state index contributed by atoms with van der Waals surface area (Å²) in [4.78, 5) is 12.4. The van der Waals surface area contributed by atoms with Crippen LogP contribution in [0.4, 0.5) is 17.1 Å². The minimum Gasteiger partial charge on any atom is -0.341 e. The monoisotopic (exact) mass is 240 g/mol. The fraction of sp³-hybridized carbons (Fsp3) is 0.143. The van der Waals surface area contributed by atoms with Gasteiger partial charge in [0.15, 0.2) is 0 Å². The van der Waals surface area contributed by atoms with Crippen LogP contribution in [-0.4, -0.2) is 11.5 Å². The number of nitro benzene ring substituents is 1. The third kappa shape index (κ3) is 1.72. The maximum atomic E-state index is 10.6. The van der Waals surface area contributed by atoms with Gasteiger partial charge in [-0.05, 0) is 30.2 Å². The van der Waals surface area contributed by atoms with Crippen molar-refractivity contribution in [2.45, 2.75) is 6.42 Å². The lowest BCUT2D eigenvalue weighted by Crippen LogP contribution is -2.12. The number of hydrogen-bond donors (Lipinski definition) is 0. The summed E-state index contributed by atoms with van der Waals surface area (Å²) in [5.41, 5.74) is 3.67. The van der Waals surface area contributed by atoms with E-state index < -0.39 is 0 Å². The molecule has 0 saturated carbocycles. The molecule has 2 aromatic carbocycles. The number of rotatable bonds is 2. The van der Waals surface area contributed by atoms with Gasteiger partial charge in [-0.2, -0.15) is 0 Å². The standard InChI is InChI=1S/C14H12N2O2/c17-16(18)13-7-5-12(6-8-13)15-10-9-11-3-1-2-4-14(11)15/h1-8H,9-10H2. The van der Waals surface area contributed by atoms with Crippen molar-refractivity contribution in [3.05, 3.63) is 64.2 Å². The molecule has 4 nitrogen and oxygen atoms in total. The van der Waals surface area contributed by atoms with Crippen molar-refractivity contribution >= 4 is 17.1 Å². The SMILES string of the molecule is O=[N+]([O-])c1ccc(N2CCc3ccccc32)cc1. The molecule has 90 valence electrons. The second-order valence-corrected chi connectivity index (χ2v) is 4.30. The number of para-hydroxylation sites is 1. The minimum absolute atomic E-state index is 0.131. The summed E-state index contributed by atoms with van der Waals surface area (Å²) in [6.07, 6.45) is 1.02. The molecule has 0 radical (unpaired) electrons. The van der Waals surface area contributed by atoms with Crippen LogP contribution in [0.15, 0.2) is 48.5 Å². The molecule has 0 atom stereocenters. The molecule has 0 aromatic heterocycles. The van der Waals surface area contributed by atoms with E-state index in [1.54, 1.807) is 24.3 Å². The Labute approximate surface area is 105 Å². The Bertz CT molecular complexity index is 593.